The third kappa shape index (κ3) is 2.26. The molecule has 0 aliphatic rings. The molecule has 0 aliphatic heterocycles. The summed E-state index contributed by atoms with van der Waals surface area (Å²) in [7, 11) is 0. The van der Waals surface area contributed by atoms with Gasteiger partial charge in [-0.25, -0.2) is 0 Å². The molecule has 2 aromatic rings. The van der Waals surface area contributed by atoms with Crippen LogP contribution in [-0.2, 0) is 0 Å². The van der Waals surface area contributed by atoms with Gasteiger partial charge in [0.1, 0.15) is 11.9 Å². The van der Waals surface area contributed by atoms with E-state index in [1.807, 2.05) is 13.8 Å². The summed E-state index contributed by atoms with van der Waals surface area (Å²) >= 11 is 1.75. The second-order valence-electron chi connectivity index (χ2n) is 4.77. The first-order chi connectivity index (χ1) is 9.11. The van der Waals surface area contributed by atoms with Crippen molar-refractivity contribution in [1.29, 1.82) is 5.26 Å². The summed E-state index contributed by atoms with van der Waals surface area (Å²) in [4.78, 5) is 1.30. The molecule has 0 fully saturated rings. The zero-order valence-electron chi connectivity index (χ0n) is 11.6. The molecule has 0 aliphatic carbocycles. The summed E-state index contributed by atoms with van der Waals surface area (Å²) in [6.45, 7) is 6.19. The SMILES string of the molecule is CCCC(c1cccs1)n1c(C)c(C)c(C#N)c1N. The number of nitrogens with zero attached hydrogens (tertiary/aromatic N) is 2. The van der Waals surface area contributed by atoms with E-state index in [9.17, 15) is 5.26 Å². The Hall–Kier alpha value is -1.73. The van der Waals surface area contributed by atoms with E-state index in [1.165, 1.54) is 4.88 Å². The van der Waals surface area contributed by atoms with Crippen LogP contribution >= 0.6 is 11.3 Å². The van der Waals surface area contributed by atoms with Gasteiger partial charge in [0.2, 0.25) is 0 Å². The van der Waals surface area contributed by atoms with Crippen LogP contribution < -0.4 is 5.73 Å². The van der Waals surface area contributed by atoms with Gasteiger partial charge < -0.3 is 10.3 Å². The van der Waals surface area contributed by atoms with Gasteiger partial charge in [-0.3, -0.25) is 0 Å². The van der Waals surface area contributed by atoms with Crippen molar-refractivity contribution in [3.8, 4) is 6.07 Å². The Balaban J connectivity index is 2.58. The lowest BCUT2D eigenvalue weighted by Gasteiger charge is -2.21. The van der Waals surface area contributed by atoms with E-state index in [0.29, 0.717) is 11.4 Å². The van der Waals surface area contributed by atoms with Crippen LogP contribution in [0.25, 0.3) is 0 Å². The van der Waals surface area contributed by atoms with E-state index in [-0.39, 0.29) is 6.04 Å². The predicted octanol–water partition coefficient (Wildman–Crippen LogP) is 4.01. The molecule has 0 spiro atoms. The fraction of sp³-hybridized carbons (Fsp3) is 0.400. The summed E-state index contributed by atoms with van der Waals surface area (Å²) in [5.41, 5.74) is 8.91. The van der Waals surface area contributed by atoms with Crippen LogP contribution in [0, 0.1) is 25.2 Å². The average Bonchev–Trinajstić information content (AvgIpc) is 2.98. The molecule has 2 aromatic heterocycles. The first-order valence-electron chi connectivity index (χ1n) is 6.52. The number of nitrogens with two attached hydrogens (primary N) is 1. The lowest BCUT2D eigenvalue weighted by Crippen LogP contribution is -2.13. The fourth-order valence-corrected chi connectivity index (χ4v) is 3.40. The molecule has 0 aromatic carbocycles. The van der Waals surface area contributed by atoms with E-state index in [2.05, 4.69) is 35.1 Å². The number of hydrogen-bond donors (Lipinski definition) is 1. The second kappa shape index (κ2) is 5.50. The Morgan fingerprint density at radius 2 is 2.21 bits per heavy atom. The first kappa shape index (κ1) is 13.7. The number of nitriles is 1. The second-order valence-corrected chi connectivity index (χ2v) is 5.75. The Bertz CT molecular complexity index is 602. The largest absolute Gasteiger partial charge is 0.384 e. The van der Waals surface area contributed by atoms with Gasteiger partial charge in [0.05, 0.1) is 11.6 Å². The fourth-order valence-electron chi connectivity index (χ4n) is 2.55. The van der Waals surface area contributed by atoms with Crippen LogP contribution in [0.5, 0.6) is 0 Å². The molecular weight excluding hydrogens is 254 g/mol. The third-order valence-corrected chi connectivity index (χ3v) is 4.63. The van der Waals surface area contributed by atoms with Gasteiger partial charge in [0, 0.05) is 10.6 Å². The van der Waals surface area contributed by atoms with Crippen LogP contribution in [0.1, 0.15) is 47.5 Å². The molecule has 0 radical (unpaired) electrons. The maximum Gasteiger partial charge on any atom is 0.122 e. The van der Waals surface area contributed by atoms with Crippen molar-refractivity contribution in [3.63, 3.8) is 0 Å². The van der Waals surface area contributed by atoms with Crippen LogP contribution in [0.2, 0.25) is 0 Å². The number of rotatable bonds is 4. The molecule has 3 nitrogen and oxygen atoms in total. The van der Waals surface area contributed by atoms with Crippen molar-refractivity contribution in [3.05, 3.63) is 39.2 Å². The Kier molecular flexibility index (Phi) is 3.96. The Morgan fingerprint density at radius 3 is 2.68 bits per heavy atom. The molecule has 100 valence electrons. The molecular formula is C15H19N3S. The highest BCUT2D eigenvalue weighted by Gasteiger charge is 2.22. The van der Waals surface area contributed by atoms with Gasteiger partial charge >= 0.3 is 0 Å². The number of aromatic nitrogens is 1. The van der Waals surface area contributed by atoms with E-state index >= 15 is 0 Å². The van der Waals surface area contributed by atoms with Crippen LogP contribution in [0.15, 0.2) is 17.5 Å². The molecule has 0 saturated carbocycles. The predicted molar refractivity (Wildman–Crippen MR) is 80.4 cm³/mol. The Labute approximate surface area is 118 Å². The van der Waals surface area contributed by atoms with E-state index < -0.39 is 0 Å². The molecule has 2 rings (SSSR count). The van der Waals surface area contributed by atoms with E-state index in [4.69, 9.17) is 5.73 Å². The zero-order valence-corrected chi connectivity index (χ0v) is 12.4. The van der Waals surface area contributed by atoms with Crippen LogP contribution in [-0.4, -0.2) is 4.57 Å². The minimum atomic E-state index is 0.241. The zero-order chi connectivity index (χ0) is 14.0. The quantitative estimate of drug-likeness (QED) is 0.915. The summed E-state index contributed by atoms with van der Waals surface area (Å²) in [6.07, 6.45) is 2.12. The molecule has 2 N–H and O–H groups in total. The topological polar surface area (TPSA) is 54.7 Å². The van der Waals surface area contributed by atoms with Gasteiger partial charge in [-0.1, -0.05) is 19.4 Å². The minimum absolute atomic E-state index is 0.241. The number of nitrogen functional groups attached to an aromatic ring is 1. The standard InChI is InChI=1S/C15H19N3S/c1-4-6-13(14-7-5-8-19-14)18-11(3)10(2)12(9-16)15(18)17/h5,7-8,13H,4,6,17H2,1-3H3. The van der Waals surface area contributed by atoms with Gasteiger partial charge in [-0.2, -0.15) is 5.26 Å². The summed E-state index contributed by atoms with van der Waals surface area (Å²) in [5.74, 6) is 0.601. The molecule has 0 saturated heterocycles. The normalized spacial score (nSPS) is 12.3. The third-order valence-electron chi connectivity index (χ3n) is 3.65. The molecule has 1 atom stereocenters. The molecule has 4 heteroatoms. The van der Waals surface area contributed by atoms with Gasteiger partial charge in [-0.05, 0) is 37.3 Å². The monoisotopic (exact) mass is 273 g/mol. The highest BCUT2D eigenvalue weighted by molar-refractivity contribution is 7.10. The highest BCUT2D eigenvalue weighted by Crippen LogP contribution is 2.35. The van der Waals surface area contributed by atoms with Crippen molar-refractivity contribution in [2.24, 2.45) is 0 Å². The van der Waals surface area contributed by atoms with Crippen molar-refractivity contribution < 1.29 is 0 Å². The van der Waals surface area contributed by atoms with E-state index in [1.54, 1.807) is 11.3 Å². The van der Waals surface area contributed by atoms with Crippen molar-refractivity contribution in [2.75, 3.05) is 5.73 Å². The maximum atomic E-state index is 9.24. The molecule has 2 heterocycles. The van der Waals surface area contributed by atoms with Crippen LogP contribution in [0.4, 0.5) is 5.82 Å². The molecule has 19 heavy (non-hydrogen) atoms. The number of hydrogen-bond acceptors (Lipinski definition) is 3. The van der Waals surface area contributed by atoms with Gasteiger partial charge in [-0.15, -0.1) is 11.3 Å². The maximum absolute atomic E-state index is 9.24. The molecule has 0 bridgehead atoms. The number of anilines is 1. The highest BCUT2D eigenvalue weighted by atomic mass is 32.1. The summed E-state index contributed by atoms with van der Waals surface area (Å²) in [5, 5.41) is 11.3. The van der Waals surface area contributed by atoms with E-state index in [0.717, 1.165) is 24.1 Å². The van der Waals surface area contributed by atoms with Crippen molar-refractivity contribution >= 4 is 17.2 Å². The molecule has 0 amide bonds. The average molecular weight is 273 g/mol. The van der Waals surface area contributed by atoms with Crippen LogP contribution in [0.3, 0.4) is 0 Å². The minimum Gasteiger partial charge on any atom is -0.384 e. The van der Waals surface area contributed by atoms with Crippen molar-refractivity contribution in [2.45, 2.75) is 39.7 Å². The van der Waals surface area contributed by atoms with Crippen molar-refractivity contribution in [1.82, 2.24) is 4.57 Å². The lowest BCUT2D eigenvalue weighted by molar-refractivity contribution is 0.538. The summed E-state index contributed by atoms with van der Waals surface area (Å²) in [6, 6.07) is 6.68. The first-order valence-corrected chi connectivity index (χ1v) is 7.40. The number of thiophene rings is 1. The van der Waals surface area contributed by atoms with Gasteiger partial charge in [0.15, 0.2) is 0 Å². The lowest BCUT2D eigenvalue weighted by atomic mass is 10.1. The summed E-state index contributed by atoms with van der Waals surface area (Å²) < 4.78 is 2.13. The smallest absolute Gasteiger partial charge is 0.122 e. The molecule has 1 unspecified atom stereocenters. The Morgan fingerprint density at radius 1 is 1.47 bits per heavy atom. The van der Waals surface area contributed by atoms with Gasteiger partial charge in [0.25, 0.3) is 0 Å².